The minimum atomic E-state index is -0.445. The number of aromatic amines is 1. The average molecular weight is 339 g/mol. The van der Waals surface area contributed by atoms with E-state index in [0.717, 1.165) is 11.1 Å². The SMILES string of the molecule is Cc1ccccc1-c1n[nH]c(=S)n1N=Cc1cccc([N+](=O)[O-])c1. The van der Waals surface area contributed by atoms with Gasteiger partial charge in [0.2, 0.25) is 4.77 Å². The third-order valence-electron chi connectivity index (χ3n) is 3.44. The minimum Gasteiger partial charge on any atom is -0.258 e. The van der Waals surface area contributed by atoms with Crippen LogP contribution in [0.4, 0.5) is 5.69 Å². The molecule has 2 aromatic carbocycles. The van der Waals surface area contributed by atoms with Crippen LogP contribution in [0.3, 0.4) is 0 Å². The van der Waals surface area contributed by atoms with Crippen LogP contribution in [0.1, 0.15) is 11.1 Å². The normalized spacial score (nSPS) is 11.0. The topological polar surface area (TPSA) is 89.1 Å². The van der Waals surface area contributed by atoms with Crippen LogP contribution in [0.25, 0.3) is 11.4 Å². The monoisotopic (exact) mass is 339 g/mol. The molecule has 1 heterocycles. The van der Waals surface area contributed by atoms with Crippen molar-refractivity contribution < 1.29 is 4.92 Å². The van der Waals surface area contributed by atoms with Gasteiger partial charge in [0, 0.05) is 23.3 Å². The maximum Gasteiger partial charge on any atom is 0.270 e. The van der Waals surface area contributed by atoms with Crippen molar-refractivity contribution in [3.63, 3.8) is 0 Å². The van der Waals surface area contributed by atoms with E-state index in [2.05, 4.69) is 15.3 Å². The molecule has 3 rings (SSSR count). The van der Waals surface area contributed by atoms with Gasteiger partial charge in [-0.15, -0.1) is 0 Å². The summed E-state index contributed by atoms with van der Waals surface area (Å²) in [5.74, 6) is 0.583. The molecule has 120 valence electrons. The Hall–Kier alpha value is -3.13. The van der Waals surface area contributed by atoms with Crippen molar-refractivity contribution in [2.45, 2.75) is 6.92 Å². The number of nitro groups is 1. The van der Waals surface area contributed by atoms with Crippen molar-refractivity contribution in [3.05, 3.63) is 74.5 Å². The van der Waals surface area contributed by atoms with Crippen LogP contribution in [-0.4, -0.2) is 26.0 Å². The number of benzene rings is 2. The zero-order chi connectivity index (χ0) is 17.1. The summed E-state index contributed by atoms with van der Waals surface area (Å²) in [5.41, 5.74) is 2.55. The summed E-state index contributed by atoms with van der Waals surface area (Å²) < 4.78 is 1.84. The number of hydrogen-bond acceptors (Lipinski definition) is 5. The van der Waals surface area contributed by atoms with Gasteiger partial charge in [-0.25, -0.2) is 5.10 Å². The Kier molecular flexibility index (Phi) is 4.30. The average Bonchev–Trinajstić information content (AvgIpc) is 2.94. The Morgan fingerprint density at radius 2 is 2.08 bits per heavy atom. The Balaban J connectivity index is 2.01. The minimum absolute atomic E-state index is 0.00821. The predicted octanol–water partition coefficient (Wildman–Crippen LogP) is 3.71. The van der Waals surface area contributed by atoms with Crippen LogP contribution >= 0.6 is 12.2 Å². The number of rotatable bonds is 4. The molecule has 0 amide bonds. The van der Waals surface area contributed by atoms with Gasteiger partial charge < -0.3 is 0 Å². The van der Waals surface area contributed by atoms with E-state index in [4.69, 9.17) is 12.2 Å². The van der Waals surface area contributed by atoms with Crippen molar-refractivity contribution in [1.82, 2.24) is 14.9 Å². The quantitative estimate of drug-likeness (QED) is 0.340. The molecule has 0 spiro atoms. The fourth-order valence-electron chi connectivity index (χ4n) is 2.24. The highest BCUT2D eigenvalue weighted by Gasteiger charge is 2.10. The van der Waals surface area contributed by atoms with Gasteiger partial charge in [-0.2, -0.15) is 14.9 Å². The molecule has 24 heavy (non-hydrogen) atoms. The number of aryl methyl sites for hydroxylation is 1. The number of nitrogens with one attached hydrogen (secondary N) is 1. The number of nitro benzene ring substituents is 1. The second-order valence-electron chi connectivity index (χ2n) is 5.08. The van der Waals surface area contributed by atoms with Crippen LogP contribution in [-0.2, 0) is 0 Å². The fraction of sp³-hybridized carbons (Fsp3) is 0.0625. The molecule has 0 aliphatic rings. The Morgan fingerprint density at radius 1 is 1.29 bits per heavy atom. The van der Waals surface area contributed by atoms with Gasteiger partial charge in [0.15, 0.2) is 5.82 Å². The van der Waals surface area contributed by atoms with Gasteiger partial charge in [0.25, 0.3) is 5.69 Å². The Bertz CT molecular complexity index is 990. The molecule has 1 N–H and O–H groups in total. The number of non-ortho nitro benzene ring substituents is 1. The summed E-state index contributed by atoms with van der Waals surface area (Å²) in [6, 6.07) is 14.0. The third kappa shape index (κ3) is 3.13. The van der Waals surface area contributed by atoms with Crippen LogP contribution in [0, 0.1) is 21.8 Å². The highest BCUT2D eigenvalue weighted by Crippen LogP contribution is 2.21. The molecular weight excluding hydrogens is 326 g/mol. The first kappa shape index (κ1) is 15.8. The molecule has 0 bridgehead atoms. The van der Waals surface area contributed by atoms with E-state index >= 15 is 0 Å². The summed E-state index contributed by atoms with van der Waals surface area (Å²) in [6.07, 6.45) is 1.51. The lowest BCUT2D eigenvalue weighted by atomic mass is 10.1. The smallest absolute Gasteiger partial charge is 0.258 e. The van der Waals surface area contributed by atoms with Gasteiger partial charge in [0.1, 0.15) is 0 Å². The molecule has 0 fully saturated rings. The number of aromatic nitrogens is 3. The maximum atomic E-state index is 10.8. The highest BCUT2D eigenvalue weighted by atomic mass is 32.1. The van der Waals surface area contributed by atoms with Crippen LogP contribution in [0.2, 0.25) is 0 Å². The zero-order valence-corrected chi connectivity index (χ0v) is 13.5. The summed E-state index contributed by atoms with van der Waals surface area (Å²) in [5, 5.41) is 22.1. The maximum absolute atomic E-state index is 10.8. The Morgan fingerprint density at radius 3 is 2.83 bits per heavy atom. The first-order chi connectivity index (χ1) is 11.6. The van der Waals surface area contributed by atoms with Gasteiger partial charge in [-0.3, -0.25) is 10.1 Å². The van der Waals surface area contributed by atoms with Crippen molar-refractivity contribution in [2.24, 2.45) is 5.10 Å². The van der Waals surface area contributed by atoms with Crippen molar-refractivity contribution in [2.75, 3.05) is 0 Å². The van der Waals surface area contributed by atoms with E-state index in [1.54, 1.807) is 12.1 Å². The molecule has 0 atom stereocenters. The predicted molar refractivity (Wildman–Crippen MR) is 93.7 cm³/mol. The number of nitrogens with zero attached hydrogens (tertiary/aromatic N) is 4. The molecule has 3 aromatic rings. The summed E-state index contributed by atoms with van der Waals surface area (Å²) in [6.45, 7) is 1.97. The first-order valence-electron chi connectivity index (χ1n) is 7.08. The van der Waals surface area contributed by atoms with Crippen molar-refractivity contribution >= 4 is 24.1 Å². The summed E-state index contributed by atoms with van der Waals surface area (Å²) in [4.78, 5) is 10.4. The standard InChI is InChI=1S/C16H13N5O2S/c1-11-5-2-3-8-14(11)15-18-19-16(24)20(15)17-10-12-6-4-7-13(9-12)21(22)23/h2-10H,1H3,(H,19,24). The molecule has 7 nitrogen and oxygen atoms in total. The van der Waals surface area contributed by atoms with E-state index in [1.165, 1.54) is 23.0 Å². The van der Waals surface area contributed by atoms with E-state index < -0.39 is 4.92 Å². The largest absolute Gasteiger partial charge is 0.270 e. The molecule has 0 radical (unpaired) electrons. The Labute approximate surface area is 142 Å². The zero-order valence-electron chi connectivity index (χ0n) is 12.7. The van der Waals surface area contributed by atoms with Gasteiger partial charge >= 0.3 is 0 Å². The highest BCUT2D eigenvalue weighted by molar-refractivity contribution is 7.71. The fourth-order valence-corrected chi connectivity index (χ4v) is 2.42. The van der Waals surface area contributed by atoms with Crippen molar-refractivity contribution in [3.8, 4) is 11.4 Å². The third-order valence-corrected chi connectivity index (χ3v) is 3.70. The second-order valence-corrected chi connectivity index (χ2v) is 5.46. The second kappa shape index (κ2) is 6.55. The number of hydrogen-bond donors (Lipinski definition) is 1. The van der Waals surface area contributed by atoms with Gasteiger partial charge in [-0.05, 0) is 24.7 Å². The molecule has 0 aliphatic heterocycles. The molecule has 8 heteroatoms. The first-order valence-corrected chi connectivity index (χ1v) is 7.49. The van der Waals surface area contributed by atoms with Gasteiger partial charge in [-0.1, -0.05) is 36.4 Å². The lowest BCUT2D eigenvalue weighted by Crippen LogP contribution is -1.97. The summed E-state index contributed by atoms with van der Waals surface area (Å²) >= 11 is 5.22. The number of H-pyrrole nitrogens is 1. The lowest BCUT2D eigenvalue weighted by molar-refractivity contribution is -0.384. The van der Waals surface area contributed by atoms with Crippen LogP contribution < -0.4 is 0 Å². The molecule has 0 unspecified atom stereocenters. The molecular formula is C16H13N5O2S. The van der Waals surface area contributed by atoms with Gasteiger partial charge in [0.05, 0.1) is 11.1 Å². The molecule has 0 saturated carbocycles. The van der Waals surface area contributed by atoms with E-state index in [9.17, 15) is 10.1 Å². The molecule has 1 aromatic heterocycles. The van der Waals surface area contributed by atoms with Crippen LogP contribution in [0.5, 0.6) is 0 Å². The van der Waals surface area contributed by atoms with Crippen molar-refractivity contribution in [1.29, 1.82) is 0 Å². The molecule has 0 saturated heterocycles. The van der Waals surface area contributed by atoms with E-state index in [-0.39, 0.29) is 5.69 Å². The lowest BCUT2D eigenvalue weighted by Gasteiger charge is -2.04. The van der Waals surface area contributed by atoms with E-state index in [1.807, 2.05) is 31.2 Å². The van der Waals surface area contributed by atoms with Crippen LogP contribution in [0.15, 0.2) is 53.6 Å². The summed E-state index contributed by atoms with van der Waals surface area (Å²) in [7, 11) is 0. The van der Waals surface area contributed by atoms with E-state index in [0.29, 0.717) is 16.2 Å². The molecule has 0 aliphatic carbocycles.